The number of hydrogen-bond donors (Lipinski definition) is 2. The van der Waals surface area contributed by atoms with Gasteiger partial charge in [0.25, 0.3) is 0 Å². The van der Waals surface area contributed by atoms with Crippen molar-refractivity contribution in [2.75, 3.05) is 0 Å². The highest BCUT2D eigenvalue weighted by Crippen LogP contribution is 2.21. The summed E-state index contributed by atoms with van der Waals surface area (Å²) in [5.74, 6) is -0.430. The zero-order chi connectivity index (χ0) is 10.3. The number of H-pyrrole nitrogens is 1. The standard InChI is InChI=1S/C8H7FN2O2S/c9-5-1-2-6-7(3-5)11-4-8(6)14(10,12)13/h1-4,11H,(H2,10,12,13). The summed E-state index contributed by atoms with van der Waals surface area (Å²) in [6, 6.07) is 3.77. The highest BCUT2D eigenvalue weighted by Gasteiger charge is 2.13. The summed E-state index contributed by atoms with van der Waals surface area (Å²) in [5.41, 5.74) is 0.411. The zero-order valence-corrected chi connectivity index (χ0v) is 7.81. The van der Waals surface area contributed by atoms with E-state index in [0.717, 1.165) is 0 Å². The molecule has 2 aromatic rings. The Morgan fingerprint density at radius 3 is 2.71 bits per heavy atom. The molecule has 0 bridgehead atoms. The average Bonchev–Trinajstić information content (AvgIpc) is 2.45. The topological polar surface area (TPSA) is 76.0 Å². The molecule has 0 atom stereocenters. The zero-order valence-electron chi connectivity index (χ0n) is 6.99. The Balaban J connectivity index is 2.83. The maximum absolute atomic E-state index is 12.7. The minimum atomic E-state index is -3.75. The van der Waals surface area contributed by atoms with Crippen LogP contribution in [0.25, 0.3) is 10.9 Å². The molecule has 0 aliphatic carbocycles. The van der Waals surface area contributed by atoms with Crippen molar-refractivity contribution in [3.63, 3.8) is 0 Å². The molecule has 0 amide bonds. The Bertz CT molecular complexity index is 588. The molecule has 2 rings (SSSR count). The monoisotopic (exact) mass is 214 g/mol. The second-order valence-electron chi connectivity index (χ2n) is 2.89. The molecule has 0 saturated carbocycles. The Morgan fingerprint density at radius 1 is 1.36 bits per heavy atom. The smallest absolute Gasteiger partial charge is 0.240 e. The summed E-state index contributed by atoms with van der Waals surface area (Å²) in [6.45, 7) is 0. The van der Waals surface area contributed by atoms with E-state index in [-0.39, 0.29) is 4.90 Å². The molecule has 1 heterocycles. The molecular weight excluding hydrogens is 207 g/mol. The lowest BCUT2D eigenvalue weighted by atomic mass is 10.2. The number of rotatable bonds is 1. The van der Waals surface area contributed by atoms with Crippen LogP contribution >= 0.6 is 0 Å². The predicted octanol–water partition coefficient (Wildman–Crippen LogP) is 0.954. The Hall–Kier alpha value is -1.40. The SMILES string of the molecule is NS(=O)(=O)c1c[nH]c2cc(F)ccc12. The molecule has 1 aromatic heterocycles. The summed E-state index contributed by atoms with van der Waals surface area (Å²) >= 11 is 0. The van der Waals surface area contributed by atoms with Crippen LogP contribution in [-0.2, 0) is 10.0 Å². The number of aromatic amines is 1. The minimum Gasteiger partial charge on any atom is -0.360 e. The molecule has 14 heavy (non-hydrogen) atoms. The van der Waals surface area contributed by atoms with E-state index in [4.69, 9.17) is 5.14 Å². The second kappa shape index (κ2) is 2.79. The van der Waals surface area contributed by atoms with Gasteiger partial charge in [-0.15, -0.1) is 0 Å². The quantitative estimate of drug-likeness (QED) is 0.741. The number of benzene rings is 1. The fourth-order valence-electron chi connectivity index (χ4n) is 1.31. The Morgan fingerprint density at radius 2 is 2.07 bits per heavy atom. The van der Waals surface area contributed by atoms with Crippen LogP contribution in [0.2, 0.25) is 0 Å². The van der Waals surface area contributed by atoms with Gasteiger partial charge in [-0.05, 0) is 18.2 Å². The van der Waals surface area contributed by atoms with Gasteiger partial charge in [0.15, 0.2) is 0 Å². The molecule has 3 N–H and O–H groups in total. The van der Waals surface area contributed by atoms with Crippen molar-refractivity contribution < 1.29 is 12.8 Å². The minimum absolute atomic E-state index is 0.0208. The average molecular weight is 214 g/mol. The molecular formula is C8H7FN2O2S. The van der Waals surface area contributed by atoms with Crippen molar-refractivity contribution in [2.24, 2.45) is 5.14 Å². The van der Waals surface area contributed by atoms with Gasteiger partial charge in [-0.1, -0.05) is 0 Å². The second-order valence-corrected chi connectivity index (χ2v) is 4.42. The van der Waals surface area contributed by atoms with Gasteiger partial charge in [0.2, 0.25) is 10.0 Å². The Kier molecular flexibility index (Phi) is 1.83. The third-order valence-corrected chi connectivity index (χ3v) is 2.86. The van der Waals surface area contributed by atoms with Crippen molar-refractivity contribution in [3.8, 4) is 0 Å². The molecule has 4 nitrogen and oxygen atoms in total. The van der Waals surface area contributed by atoms with Crippen molar-refractivity contribution in [3.05, 3.63) is 30.2 Å². The van der Waals surface area contributed by atoms with Gasteiger partial charge in [0.1, 0.15) is 10.7 Å². The third kappa shape index (κ3) is 1.38. The number of sulfonamides is 1. The van der Waals surface area contributed by atoms with Crippen LogP contribution in [0.15, 0.2) is 29.3 Å². The van der Waals surface area contributed by atoms with Crippen LogP contribution in [-0.4, -0.2) is 13.4 Å². The van der Waals surface area contributed by atoms with E-state index in [0.29, 0.717) is 10.9 Å². The van der Waals surface area contributed by atoms with Gasteiger partial charge in [0.05, 0.1) is 0 Å². The van der Waals surface area contributed by atoms with Crippen molar-refractivity contribution in [1.29, 1.82) is 0 Å². The summed E-state index contributed by atoms with van der Waals surface area (Å²) in [6.07, 6.45) is 1.25. The maximum atomic E-state index is 12.7. The van der Waals surface area contributed by atoms with Gasteiger partial charge in [-0.2, -0.15) is 0 Å². The number of fused-ring (bicyclic) bond motifs is 1. The molecule has 0 fully saturated rings. The lowest BCUT2D eigenvalue weighted by molar-refractivity contribution is 0.598. The molecule has 0 radical (unpaired) electrons. The van der Waals surface area contributed by atoms with Gasteiger partial charge >= 0.3 is 0 Å². The molecule has 1 aromatic carbocycles. The largest absolute Gasteiger partial charge is 0.360 e. The number of aromatic nitrogens is 1. The molecule has 0 unspecified atom stereocenters. The lowest BCUT2D eigenvalue weighted by Crippen LogP contribution is -2.11. The summed E-state index contributed by atoms with van der Waals surface area (Å²) in [7, 11) is -3.75. The molecule has 0 aliphatic heterocycles. The molecule has 74 valence electrons. The molecule has 6 heteroatoms. The van der Waals surface area contributed by atoms with Crippen molar-refractivity contribution in [1.82, 2.24) is 4.98 Å². The van der Waals surface area contributed by atoms with Gasteiger partial charge in [0, 0.05) is 17.1 Å². The maximum Gasteiger partial charge on any atom is 0.240 e. The van der Waals surface area contributed by atoms with Crippen molar-refractivity contribution in [2.45, 2.75) is 4.90 Å². The fraction of sp³-hybridized carbons (Fsp3) is 0. The summed E-state index contributed by atoms with van der Waals surface area (Å²) < 4.78 is 34.9. The molecule has 0 spiro atoms. The van der Waals surface area contributed by atoms with E-state index in [9.17, 15) is 12.8 Å². The van der Waals surface area contributed by atoms with Crippen LogP contribution in [0.1, 0.15) is 0 Å². The fourth-order valence-corrected chi connectivity index (χ4v) is 2.01. The predicted molar refractivity (Wildman–Crippen MR) is 49.6 cm³/mol. The summed E-state index contributed by atoms with van der Waals surface area (Å²) in [5, 5.41) is 5.36. The first-order valence-electron chi connectivity index (χ1n) is 3.78. The normalized spacial score (nSPS) is 12.1. The van der Waals surface area contributed by atoms with Crippen LogP contribution < -0.4 is 5.14 Å². The lowest BCUT2D eigenvalue weighted by Gasteiger charge is -1.94. The van der Waals surface area contributed by atoms with Crippen LogP contribution in [0.3, 0.4) is 0 Å². The molecule has 0 aliphatic rings. The first-order chi connectivity index (χ1) is 6.48. The van der Waals surface area contributed by atoms with Crippen molar-refractivity contribution >= 4 is 20.9 Å². The highest BCUT2D eigenvalue weighted by molar-refractivity contribution is 7.89. The third-order valence-electron chi connectivity index (χ3n) is 1.91. The first kappa shape index (κ1) is 9.17. The van der Waals surface area contributed by atoms with E-state index in [1.807, 2.05) is 0 Å². The van der Waals surface area contributed by atoms with Gasteiger partial charge in [-0.3, -0.25) is 0 Å². The van der Waals surface area contributed by atoms with E-state index in [2.05, 4.69) is 4.98 Å². The van der Waals surface area contributed by atoms with E-state index in [1.165, 1.54) is 24.4 Å². The number of nitrogens with one attached hydrogen (secondary N) is 1. The number of halogens is 1. The van der Waals surface area contributed by atoms with E-state index < -0.39 is 15.8 Å². The highest BCUT2D eigenvalue weighted by atomic mass is 32.2. The Labute approximate surface area is 79.6 Å². The van der Waals surface area contributed by atoms with Crippen LogP contribution in [0.4, 0.5) is 4.39 Å². The van der Waals surface area contributed by atoms with E-state index >= 15 is 0 Å². The van der Waals surface area contributed by atoms with Crippen LogP contribution in [0, 0.1) is 5.82 Å². The van der Waals surface area contributed by atoms with Crippen LogP contribution in [0.5, 0.6) is 0 Å². The number of primary sulfonamides is 1. The number of hydrogen-bond acceptors (Lipinski definition) is 2. The summed E-state index contributed by atoms with van der Waals surface area (Å²) in [4.78, 5) is 2.62. The van der Waals surface area contributed by atoms with Gasteiger partial charge in [-0.25, -0.2) is 17.9 Å². The number of nitrogens with two attached hydrogens (primary N) is 1. The first-order valence-corrected chi connectivity index (χ1v) is 5.32. The van der Waals surface area contributed by atoms with Gasteiger partial charge < -0.3 is 4.98 Å². The van der Waals surface area contributed by atoms with E-state index in [1.54, 1.807) is 0 Å². The molecule has 0 saturated heterocycles.